The highest BCUT2D eigenvalue weighted by molar-refractivity contribution is 7.89. The zero-order chi connectivity index (χ0) is 17.3. The topological polar surface area (TPSA) is 84.5 Å². The van der Waals surface area contributed by atoms with Gasteiger partial charge in [-0.3, -0.25) is 4.79 Å². The summed E-state index contributed by atoms with van der Waals surface area (Å²) in [5, 5.41) is 2.80. The zero-order valence-electron chi connectivity index (χ0n) is 14.0. The highest BCUT2D eigenvalue weighted by Gasteiger charge is 2.21. The normalized spacial score (nSPS) is 11.3. The van der Waals surface area contributed by atoms with Crippen LogP contribution in [0.15, 0.2) is 23.1 Å². The van der Waals surface area contributed by atoms with Crippen LogP contribution in [0.1, 0.15) is 50.4 Å². The summed E-state index contributed by atoms with van der Waals surface area (Å²) >= 11 is 0. The van der Waals surface area contributed by atoms with Crippen molar-refractivity contribution < 1.29 is 17.9 Å². The molecule has 0 aliphatic rings. The van der Waals surface area contributed by atoms with E-state index in [1.54, 1.807) is 19.9 Å². The molecule has 0 atom stereocenters. The number of sulfonamides is 1. The van der Waals surface area contributed by atoms with Crippen LogP contribution >= 0.6 is 0 Å². The first-order valence-corrected chi connectivity index (χ1v) is 9.49. The molecule has 2 N–H and O–H groups in total. The summed E-state index contributed by atoms with van der Waals surface area (Å²) in [6.45, 7) is 6.75. The maximum Gasteiger partial charge on any atom is 0.251 e. The molecule has 0 bridgehead atoms. The van der Waals surface area contributed by atoms with E-state index in [2.05, 4.69) is 17.0 Å². The molecule has 130 valence electrons. The van der Waals surface area contributed by atoms with Crippen molar-refractivity contribution in [1.29, 1.82) is 0 Å². The molecule has 0 unspecified atom stereocenters. The molecule has 0 saturated carbocycles. The second kappa shape index (κ2) is 9.52. The van der Waals surface area contributed by atoms with E-state index in [-0.39, 0.29) is 23.1 Å². The lowest BCUT2D eigenvalue weighted by atomic mass is 10.2. The van der Waals surface area contributed by atoms with Crippen LogP contribution in [0.3, 0.4) is 0 Å². The summed E-state index contributed by atoms with van der Waals surface area (Å²) in [6, 6.07) is 4.46. The first-order chi connectivity index (χ1) is 11.0. The quantitative estimate of drug-likeness (QED) is 0.639. The number of nitrogens with one attached hydrogen (secondary N) is 2. The summed E-state index contributed by atoms with van der Waals surface area (Å²) in [7, 11) is -3.70. The van der Waals surface area contributed by atoms with Gasteiger partial charge in [-0.1, -0.05) is 26.7 Å². The first kappa shape index (κ1) is 19.4. The Balaban J connectivity index is 3.01. The fourth-order valence-electron chi connectivity index (χ4n) is 2.08. The minimum absolute atomic E-state index is 0.0117. The van der Waals surface area contributed by atoms with Gasteiger partial charge in [0.25, 0.3) is 5.91 Å². The molecule has 0 saturated heterocycles. The van der Waals surface area contributed by atoms with E-state index >= 15 is 0 Å². The number of carbonyl (C=O) groups is 1. The molecule has 0 aliphatic carbocycles. The predicted molar refractivity (Wildman–Crippen MR) is 90.3 cm³/mol. The number of amides is 1. The fraction of sp³-hybridized carbons (Fsp3) is 0.562. The summed E-state index contributed by atoms with van der Waals surface area (Å²) < 4.78 is 32.3. The van der Waals surface area contributed by atoms with Crippen LogP contribution in [0, 0.1) is 0 Å². The Morgan fingerprint density at radius 3 is 2.52 bits per heavy atom. The summed E-state index contributed by atoms with van der Waals surface area (Å²) in [5.41, 5.74) is 0.307. The lowest BCUT2D eigenvalue weighted by molar-refractivity contribution is 0.0952. The van der Waals surface area contributed by atoms with Crippen molar-refractivity contribution in [2.24, 2.45) is 0 Å². The van der Waals surface area contributed by atoms with Crippen molar-refractivity contribution in [3.63, 3.8) is 0 Å². The third kappa shape index (κ3) is 5.84. The predicted octanol–water partition coefficient (Wildman–Crippen LogP) is 2.30. The number of rotatable bonds is 10. The molecule has 1 aromatic carbocycles. The van der Waals surface area contributed by atoms with Crippen molar-refractivity contribution in [3.05, 3.63) is 23.8 Å². The SMILES string of the molecule is CCCCCNC(=O)c1ccc(OCC)c(S(=O)(=O)NCC)c1. The van der Waals surface area contributed by atoms with Crippen molar-refractivity contribution in [2.75, 3.05) is 19.7 Å². The number of hydrogen-bond donors (Lipinski definition) is 2. The average Bonchev–Trinajstić information content (AvgIpc) is 2.52. The monoisotopic (exact) mass is 342 g/mol. The third-order valence-corrected chi connectivity index (χ3v) is 4.76. The molecular weight excluding hydrogens is 316 g/mol. The van der Waals surface area contributed by atoms with Crippen LogP contribution in [0.5, 0.6) is 5.75 Å². The summed E-state index contributed by atoms with van der Waals surface area (Å²) in [4.78, 5) is 12.1. The Morgan fingerprint density at radius 1 is 1.17 bits per heavy atom. The highest BCUT2D eigenvalue weighted by Crippen LogP contribution is 2.25. The second-order valence-electron chi connectivity index (χ2n) is 5.06. The number of unbranched alkanes of at least 4 members (excludes halogenated alkanes) is 2. The molecule has 6 nitrogen and oxygen atoms in total. The standard InChI is InChI=1S/C16H26N2O4S/c1-4-7-8-11-17-16(19)13-9-10-14(22-6-3)15(12-13)23(20,21)18-5-2/h9-10,12,18H,4-8,11H2,1-3H3,(H,17,19). The molecule has 0 radical (unpaired) electrons. The Morgan fingerprint density at radius 2 is 1.91 bits per heavy atom. The van der Waals surface area contributed by atoms with Gasteiger partial charge in [0.2, 0.25) is 10.0 Å². The van der Waals surface area contributed by atoms with Crippen LogP contribution in [0.25, 0.3) is 0 Å². The van der Waals surface area contributed by atoms with E-state index in [0.29, 0.717) is 18.7 Å². The van der Waals surface area contributed by atoms with Crippen LogP contribution in [0.4, 0.5) is 0 Å². The minimum atomic E-state index is -3.70. The van der Waals surface area contributed by atoms with E-state index in [1.165, 1.54) is 12.1 Å². The maximum atomic E-state index is 12.3. The van der Waals surface area contributed by atoms with Gasteiger partial charge in [0, 0.05) is 18.7 Å². The van der Waals surface area contributed by atoms with Gasteiger partial charge in [-0.15, -0.1) is 0 Å². The zero-order valence-corrected chi connectivity index (χ0v) is 14.8. The van der Waals surface area contributed by atoms with Crippen LogP contribution in [-0.4, -0.2) is 34.0 Å². The van der Waals surface area contributed by atoms with Gasteiger partial charge in [0.1, 0.15) is 10.6 Å². The molecule has 7 heteroatoms. The van der Waals surface area contributed by atoms with E-state index in [4.69, 9.17) is 4.74 Å². The number of carbonyl (C=O) groups excluding carboxylic acids is 1. The van der Waals surface area contributed by atoms with Crippen LogP contribution in [-0.2, 0) is 10.0 Å². The summed E-state index contributed by atoms with van der Waals surface area (Å²) in [5.74, 6) is -0.0342. The molecule has 1 rings (SSSR count). The smallest absolute Gasteiger partial charge is 0.251 e. The average molecular weight is 342 g/mol. The molecule has 1 aromatic rings. The van der Waals surface area contributed by atoms with Gasteiger partial charge in [-0.2, -0.15) is 0 Å². The van der Waals surface area contributed by atoms with Gasteiger partial charge in [0.05, 0.1) is 6.61 Å². The molecule has 0 heterocycles. The maximum absolute atomic E-state index is 12.3. The van der Waals surface area contributed by atoms with E-state index in [1.807, 2.05) is 0 Å². The number of benzene rings is 1. The lowest BCUT2D eigenvalue weighted by Gasteiger charge is -2.13. The van der Waals surface area contributed by atoms with E-state index in [9.17, 15) is 13.2 Å². The molecule has 0 spiro atoms. The largest absolute Gasteiger partial charge is 0.492 e. The molecular formula is C16H26N2O4S. The Hall–Kier alpha value is -1.60. The van der Waals surface area contributed by atoms with E-state index in [0.717, 1.165) is 19.3 Å². The van der Waals surface area contributed by atoms with Gasteiger partial charge < -0.3 is 10.1 Å². The van der Waals surface area contributed by atoms with Crippen LogP contribution in [0.2, 0.25) is 0 Å². The van der Waals surface area contributed by atoms with Gasteiger partial charge >= 0.3 is 0 Å². The highest BCUT2D eigenvalue weighted by atomic mass is 32.2. The van der Waals surface area contributed by atoms with E-state index < -0.39 is 10.0 Å². The number of ether oxygens (including phenoxy) is 1. The molecule has 0 fully saturated rings. The molecule has 1 amide bonds. The van der Waals surface area contributed by atoms with Gasteiger partial charge in [-0.25, -0.2) is 13.1 Å². The van der Waals surface area contributed by atoms with Crippen molar-refractivity contribution in [2.45, 2.75) is 44.9 Å². The first-order valence-electron chi connectivity index (χ1n) is 8.00. The Kier molecular flexibility index (Phi) is 8.05. The lowest BCUT2D eigenvalue weighted by Crippen LogP contribution is -2.26. The van der Waals surface area contributed by atoms with Crippen LogP contribution < -0.4 is 14.8 Å². The van der Waals surface area contributed by atoms with Gasteiger partial charge in [0.15, 0.2) is 0 Å². The second-order valence-corrected chi connectivity index (χ2v) is 6.79. The molecule has 0 aliphatic heterocycles. The van der Waals surface area contributed by atoms with Crippen molar-refractivity contribution >= 4 is 15.9 Å². The molecule has 0 aromatic heterocycles. The fourth-order valence-corrected chi connectivity index (χ4v) is 3.29. The Bertz CT molecular complexity index is 615. The Labute approximate surface area is 138 Å². The minimum Gasteiger partial charge on any atom is -0.492 e. The third-order valence-electron chi connectivity index (χ3n) is 3.20. The molecule has 23 heavy (non-hydrogen) atoms. The summed E-state index contributed by atoms with van der Waals surface area (Å²) in [6.07, 6.45) is 3.02. The van der Waals surface area contributed by atoms with Crippen molar-refractivity contribution in [1.82, 2.24) is 10.0 Å². The van der Waals surface area contributed by atoms with Gasteiger partial charge in [-0.05, 0) is 31.5 Å². The van der Waals surface area contributed by atoms with Crippen molar-refractivity contribution in [3.8, 4) is 5.75 Å². The number of hydrogen-bond acceptors (Lipinski definition) is 4.